The van der Waals surface area contributed by atoms with Crippen LogP contribution in [0.3, 0.4) is 0 Å². The number of aliphatic carboxylic acids is 1. The van der Waals surface area contributed by atoms with Gasteiger partial charge in [0.05, 0.1) is 40.3 Å². The van der Waals surface area contributed by atoms with Gasteiger partial charge in [0.1, 0.15) is 13.2 Å². The summed E-state index contributed by atoms with van der Waals surface area (Å²) in [4.78, 5) is 37.6. The molecule has 2 unspecified atom stereocenters. The summed E-state index contributed by atoms with van der Waals surface area (Å²) in [5, 5.41) is 11.9. The van der Waals surface area contributed by atoms with Crippen molar-refractivity contribution in [1.82, 2.24) is 0 Å². The molecular weight excluding hydrogens is 1200 g/mol. The third-order valence-electron chi connectivity index (χ3n) is 17.4. The number of carboxylic acids is 1. The number of likely N-dealkylation sites (N-methyl/N-ethyl adjacent to an activating group) is 1. The first-order valence-corrected chi connectivity index (χ1v) is 40.3. The predicted molar refractivity (Wildman–Crippen MR) is 416 cm³/mol. The van der Waals surface area contributed by atoms with Gasteiger partial charge >= 0.3 is 11.9 Å². The zero-order valence-corrected chi connectivity index (χ0v) is 63.7. The molecule has 0 rings (SSSR count). The normalized spacial score (nSPS) is 13.4. The Kier molecular flexibility index (Phi) is 73.5. The quantitative estimate of drug-likeness (QED) is 0.0195. The first-order chi connectivity index (χ1) is 47.6. The number of hydrogen-bond donors (Lipinski definition) is 0. The lowest BCUT2D eigenvalue weighted by Crippen LogP contribution is -2.44. The second-order valence-corrected chi connectivity index (χ2v) is 28.0. The number of allylic oxidation sites excluding steroid dienone is 22. The minimum Gasteiger partial charge on any atom is -0.545 e. The molecule has 2 atom stereocenters. The van der Waals surface area contributed by atoms with Gasteiger partial charge in [-0.15, -0.1) is 0 Å². The molecule has 0 aromatic heterocycles. The number of hydrogen-bond acceptors (Lipinski definition) is 8. The molecule has 0 aliphatic heterocycles. The molecule has 9 heteroatoms. The molecule has 0 spiro atoms. The lowest BCUT2D eigenvalue weighted by molar-refractivity contribution is -0.870. The van der Waals surface area contributed by atoms with Crippen LogP contribution in [0, 0.1) is 0 Å². The summed E-state index contributed by atoms with van der Waals surface area (Å²) in [6.07, 6.45) is 109. The molecule has 0 fully saturated rings. The van der Waals surface area contributed by atoms with Crippen LogP contribution in [0.2, 0.25) is 0 Å². The summed E-state index contributed by atoms with van der Waals surface area (Å²) in [5.41, 5.74) is 0. The Morgan fingerprint density at radius 1 is 0.320 bits per heavy atom. The summed E-state index contributed by atoms with van der Waals surface area (Å²) in [5.74, 6) is -2.30. The Balaban J connectivity index is 4.12. The largest absolute Gasteiger partial charge is 0.545 e. The number of ether oxygens (including phenoxy) is 4. The van der Waals surface area contributed by atoms with E-state index in [0.717, 1.165) is 122 Å². The van der Waals surface area contributed by atoms with Crippen molar-refractivity contribution in [2.24, 2.45) is 0 Å². The van der Waals surface area contributed by atoms with Gasteiger partial charge in [-0.25, -0.2) is 0 Å². The topological polar surface area (TPSA) is 111 Å². The zero-order valence-electron chi connectivity index (χ0n) is 63.7. The number of esters is 2. The van der Waals surface area contributed by atoms with Crippen molar-refractivity contribution in [3.05, 3.63) is 134 Å². The summed E-state index contributed by atoms with van der Waals surface area (Å²) >= 11 is 0. The van der Waals surface area contributed by atoms with Gasteiger partial charge in [-0.3, -0.25) is 9.59 Å². The van der Waals surface area contributed by atoms with E-state index in [1.807, 2.05) is 21.1 Å². The van der Waals surface area contributed by atoms with Crippen LogP contribution in [-0.4, -0.2) is 82.3 Å². The van der Waals surface area contributed by atoms with Crippen molar-refractivity contribution >= 4 is 17.9 Å². The van der Waals surface area contributed by atoms with Gasteiger partial charge in [-0.1, -0.05) is 372 Å². The van der Waals surface area contributed by atoms with Crippen molar-refractivity contribution in [3.8, 4) is 0 Å². The van der Waals surface area contributed by atoms with Gasteiger partial charge in [0.25, 0.3) is 0 Å². The molecule has 0 aliphatic carbocycles. The van der Waals surface area contributed by atoms with E-state index in [1.165, 1.54) is 193 Å². The summed E-state index contributed by atoms with van der Waals surface area (Å²) in [6.45, 7) is 4.64. The van der Waals surface area contributed by atoms with Gasteiger partial charge < -0.3 is 33.3 Å². The molecule has 0 amide bonds. The van der Waals surface area contributed by atoms with Crippen molar-refractivity contribution in [3.63, 3.8) is 0 Å². The predicted octanol–water partition coefficient (Wildman–Crippen LogP) is 24.7. The molecule has 0 heterocycles. The Morgan fingerprint density at radius 3 is 0.876 bits per heavy atom. The van der Waals surface area contributed by atoms with Crippen molar-refractivity contribution in [1.29, 1.82) is 0 Å². The number of quaternary nitrogens is 1. The van der Waals surface area contributed by atoms with E-state index in [-0.39, 0.29) is 38.6 Å². The molecule has 0 aromatic rings. The van der Waals surface area contributed by atoms with Crippen molar-refractivity contribution < 1.29 is 42.9 Å². The molecule has 556 valence electrons. The van der Waals surface area contributed by atoms with Crippen LogP contribution in [0.15, 0.2) is 134 Å². The maximum absolute atomic E-state index is 13.0. The smallest absolute Gasteiger partial charge is 0.306 e. The average Bonchev–Trinajstić information content (AvgIpc) is 2.39. The molecule has 0 saturated carbocycles. The SMILES string of the molecule is CC/C=C\C/C=C\C/C=C\C/C=C\C/C=C\C/C=C\C/C=C\C/C=C\C/C=C\C/C=C\C/C=C\CCCCCCCC(=O)OC(COC(=O)CCCCCCCCCCCCCCCCCCCCCCCCCCCCCCCCCCC)COC(OCC[N+](C)(C)C)C(=O)[O-]. The molecule has 0 aliphatic rings. The minimum absolute atomic E-state index is 0.139. The standard InChI is InChI=1S/C88H151NO8/c1-6-8-10-12-14-16-18-20-22-24-26-28-30-32-34-36-38-40-41-42-43-44-45-47-49-51-53-55-57-59-61-63-65-67-69-71-73-75-77-79-86(91)97-84(83-96-88(87(92)93)94-81-80-89(3,4)5)82-95-85(90)78-76-74-72-70-68-66-64-62-60-58-56-54-52-50-48-46-39-37-35-33-31-29-27-25-23-21-19-17-15-13-11-9-7-2/h8,10,14,16,20,22,26,28,32,34,38,40,42-43,45,47,51,53,57,59,63,65,84,88H,6-7,9,11-13,15,17-19,21,23-25,27,29-31,33,35-37,39,41,44,46,48-50,52,54-56,58,60-62,64,66-83H2,1-5H3/b10-8-,16-14-,22-20-,28-26-,34-32-,40-38-,43-42-,47-45-,53-51-,59-57-,65-63-. The second kappa shape index (κ2) is 77.2. The monoisotopic (exact) mass is 1350 g/mol. The maximum Gasteiger partial charge on any atom is 0.306 e. The summed E-state index contributed by atoms with van der Waals surface area (Å²) < 4.78 is 22.8. The molecule has 0 radical (unpaired) electrons. The van der Waals surface area contributed by atoms with E-state index in [2.05, 4.69) is 148 Å². The highest BCUT2D eigenvalue weighted by Gasteiger charge is 2.22. The number of carbonyl (C=O) groups excluding carboxylic acids is 3. The van der Waals surface area contributed by atoms with Gasteiger partial charge in [-0.2, -0.15) is 0 Å². The van der Waals surface area contributed by atoms with Crippen molar-refractivity contribution in [2.45, 2.75) is 360 Å². The van der Waals surface area contributed by atoms with E-state index in [4.69, 9.17) is 18.9 Å². The highest BCUT2D eigenvalue weighted by Crippen LogP contribution is 2.19. The number of rotatable bonds is 74. The molecule has 0 aromatic carbocycles. The Bertz CT molecular complexity index is 2060. The third kappa shape index (κ3) is 78.6. The van der Waals surface area contributed by atoms with Crippen LogP contribution < -0.4 is 5.11 Å². The molecule has 0 saturated heterocycles. The lowest BCUT2D eigenvalue weighted by atomic mass is 10.0. The molecular formula is C88H151NO8. The van der Waals surface area contributed by atoms with E-state index in [0.29, 0.717) is 17.4 Å². The van der Waals surface area contributed by atoms with Crippen LogP contribution in [0.5, 0.6) is 0 Å². The van der Waals surface area contributed by atoms with E-state index >= 15 is 0 Å². The zero-order chi connectivity index (χ0) is 70.4. The van der Waals surface area contributed by atoms with E-state index < -0.39 is 24.3 Å². The van der Waals surface area contributed by atoms with E-state index in [1.54, 1.807) is 0 Å². The summed E-state index contributed by atoms with van der Waals surface area (Å²) in [6, 6.07) is 0. The molecule has 0 bridgehead atoms. The Labute approximate surface area is 599 Å². The fraction of sp³-hybridized carbons (Fsp3) is 0.716. The van der Waals surface area contributed by atoms with Gasteiger partial charge in [-0.05, 0) is 96.3 Å². The van der Waals surface area contributed by atoms with Crippen LogP contribution in [0.4, 0.5) is 0 Å². The number of unbranched alkanes of at least 4 members (excludes halogenated alkanes) is 37. The van der Waals surface area contributed by atoms with Gasteiger partial charge in [0.15, 0.2) is 12.4 Å². The minimum atomic E-state index is -1.64. The van der Waals surface area contributed by atoms with Crippen LogP contribution >= 0.6 is 0 Å². The molecule has 0 N–H and O–H groups in total. The van der Waals surface area contributed by atoms with Crippen LogP contribution in [0.1, 0.15) is 348 Å². The fourth-order valence-corrected chi connectivity index (χ4v) is 11.3. The molecule has 9 nitrogen and oxygen atoms in total. The maximum atomic E-state index is 13.0. The first kappa shape index (κ1) is 92.4. The second-order valence-electron chi connectivity index (χ2n) is 28.0. The highest BCUT2D eigenvalue weighted by molar-refractivity contribution is 5.70. The highest BCUT2D eigenvalue weighted by atomic mass is 16.7. The van der Waals surface area contributed by atoms with Crippen molar-refractivity contribution in [2.75, 3.05) is 47.5 Å². The first-order valence-electron chi connectivity index (χ1n) is 40.3. The Hall–Kier alpha value is -4.57. The molecule has 97 heavy (non-hydrogen) atoms. The number of carbonyl (C=O) groups is 3. The van der Waals surface area contributed by atoms with Crippen LogP contribution in [-0.2, 0) is 33.3 Å². The third-order valence-corrected chi connectivity index (χ3v) is 17.4. The van der Waals surface area contributed by atoms with Gasteiger partial charge in [0.2, 0.25) is 0 Å². The number of nitrogens with zero attached hydrogens (tertiary/aromatic N) is 1. The Morgan fingerprint density at radius 2 is 0.588 bits per heavy atom. The average molecular weight is 1350 g/mol. The van der Waals surface area contributed by atoms with Crippen LogP contribution in [0.25, 0.3) is 0 Å². The number of carboxylic acid groups (broad SMARTS) is 1. The van der Waals surface area contributed by atoms with Gasteiger partial charge in [0, 0.05) is 12.8 Å². The van der Waals surface area contributed by atoms with E-state index in [9.17, 15) is 19.5 Å². The summed E-state index contributed by atoms with van der Waals surface area (Å²) in [7, 11) is 5.93. The fourth-order valence-electron chi connectivity index (χ4n) is 11.3. The lowest BCUT2D eigenvalue weighted by Gasteiger charge is -2.26.